The Morgan fingerprint density at radius 2 is 2.29 bits per heavy atom. The van der Waals surface area contributed by atoms with Crippen LogP contribution in [0.1, 0.15) is 32.6 Å². The molecule has 0 radical (unpaired) electrons. The van der Waals surface area contributed by atoms with Crippen molar-refractivity contribution in [3.05, 3.63) is 29.8 Å². The molecule has 1 saturated heterocycles. The monoisotopic (exact) mass is 338 g/mol. The summed E-state index contributed by atoms with van der Waals surface area (Å²) >= 11 is 0. The number of carbonyl (C=O) groups excluding carboxylic acids is 1. The molecule has 3 rings (SSSR count). The number of fused-ring (bicyclic) bond motifs is 1. The predicted octanol–water partition coefficient (Wildman–Crippen LogP) is 2.63. The van der Waals surface area contributed by atoms with Gasteiger partial charge in [-0.15, -0.1) is 0 Å². The smallest absolute Gasteiger partial charge is 0.228 e. The SMILES string of the molecule is CC(COc1ccc(F)cc1F)NC(=O)[C@@]12CCCC[C@H]1CNC2. The molecular weight excluding hydrogens is 314 g/mol. The summed E-state index contributed by atoms with van der Waals surface area (Å²) in [5.74, 6) is -0.924. The first kappa shape index (κ1) is 17.1. The summed E-state index contributed by atoms with van der Waals surface area (Å²) in [6.45, 7) is 3.60. The van der Waals surface area contributed by atoms with Crippen molar-refractivity contribution in [2.45, 2.75) is 38.6 Å². The van der Waals surface area contributed by atoms with Crippen LogP contribution in [0.5, 0.6) is 5.75 Å². The lowest BCUT2D eigenvalue weighted by atomic mass is 9.67. The minimum absolute atomic E-state index is 0.00580. The van der Waals surface area contributed by atoms with Gasteiger partial charge in [-0.3, -0.25) is 4.79 Å². The van der Waals surface area contributed by atoms with Crippen LogP contribution < -0.4 is 15.4 Å². The summed E-state index contributed by atoms with van der Waals surface area (Å²) in [5, 5.41) is 6.37. The maximum absolute atomic E-state index is 13.6. The number of halogens is 2. The van der Waals surface area contributed by atoms with Crippen LogP contribution in [0.25, 0.3) is 0 Å². The number of benzene rings is 1. The van der Waals surface area contributed by atoms with Crippen LogP contribution in [0.2, 0.25) is 0 Å². The Balaban J connectivity index is 1.56. The quantitative estimate of drug-likeness (QED) is 0.868. The molecule has 0 spiro atoms. The van der Waals surface area contributed by atoms with Gasteiger partial charge in [0.1, 0.15) is 12.4 Å². The zero-order chi connectivity index (χ0) is 17.2. The molecule has 6 heteroatoms. The number of rotatable bonds is 5. The van der Waals surface area contributed by atoms with Gasteiger partial charge in [-0.25, -0.2) is 8.78 Å². The topological polar surface area (TPSA) is 50.4 Å². The average molecular weight is 338 g/mol. The molecule has 0 bridgehead atoms. The zero-order valence-electron chi connectivity index (χ0n) is 13.9. The second kappa shape index (κ2) is 7.05. The van der Waals surface area contributed by atoms with Crippen LogP contribution in [0.15, 0.2) is 18.2 Å². The van der Waals surface area contributed by atoms with Gasteiger partial charge in [0.2, 0.25) is 5.91 Å². The number of hydrogen-bond acceptors (Lipinski definition) is 3. The molecule has 1 aliphatic carbocycles. The fourth-order valence-electron chi connectivity index (χ4n) is 3.91. The molecule has 132 valence electrons. The van der Waals surface area contributed by atoms with Crippen molar-refractivity contribution >= 4 is 5.91 Å². The lowest BCUT2D eigenvalue weighted by molar-refractivity contribution is -0.134. The minimum Gasteiger partial charge on any atom is -0.488 e. The molecule has 1 saturated carbocycles. The van der Waals surface area contributed by atoms with E-state index in [1.807, 2.05) is 6.92 Å². The minimum atomic E-state index is -0.737. The predicted molar refractivity (Wildman–Crippen MR) is 86.7 cm³/mol. The highest BCUT2D eigenvalue weighted by atomic mass is 19.1. The van der Waals surface area contributed by atoms with Crippen molar-refractivity contribution in [1.29, 1.82) is 0 Å². The second-order valence-corrected chi connectivity index (χ2v) is 6.99. The largest absolute Gasteiger partial charge is 0.488 e. The van der Waals surface area contributed by atoms with E-state index >= 15 is 0 Å². The van der Waals surface area contributed by atoms with Gasteiger partial charge in [-0.05, 0) is 44.4 Å². The molecule has 1 aromatic rings. The third-order valence-electron chi connectivity index (χ3n) is 5.25. The highest BCUT2D eigenvalue weighted by molar-refractivity contribution is 5.84. The maximum atomic E-state index is 13.6. The molecule has 1 heterocycles. The van der Waals surface area contributed by atoms with Gasteiger partial charge in [0.15, 0.2) is 11.6 Å². The number of amides is 1. The van der Waals surface area contributed by atoms with E-state index in [9.17, 15) is 13.6 Å². The normalized spacial score (nSPS) is 27.4. The van der Waals surface area contributed by atoms with E-state index in [4.69, 9.17) is 4.74 Å². The van der Waals surface area contributed by atoms with Gasteiger partial charge in [-0.2, -0.15) is 0 Å². The number of carbonyl (C=O) groups is 1. The van der Waals surface area contributed by atoms with Crippen molar-refractivity contribution in [2.24, 2.45) is 11.3 Å². The molecule has 1 aromatic carbocycles. The molecular formula is C18H24F2N2O2. The van der Waals surface area contributed by atoms with Crippen molar-refractivity contribution in [3.8, 4) is 5.75 Å². The summed E-state index contributed by atoms with van der Waals surface area (Å²) in [4.78, 5) is 12.8. The summed E-state index contributed by atoms with van der Waals surface area (Å²) in [7, 11) is 0. The number of ether oxygens (including phenoxy) is 1. The maximum Gasteiger partial charge on any atom is 0.228 e. The Morgan fingerprint density at radius 3 is 3.08 bits per heavy atom. The van der Waals surface area contributed by atoms with E-state index in [-0.39, 0.29) is 29.7 Å². The van der Waals surface area contributed by atoms with Gasteiger partial charge in [0.05, 0.1) is 11.5 Å². The van der Waals surface area contributed by atoms with E-state index in [0.29, 0.717) is 5.92 Å². The second-order valence-electron chi connectivity index (χ2n) is 6.99. The lowest BCUT2D eigenvalue weighted by Crippen LogP contribution is -2.51. The fourth-order valence-corrected chi connectivity index (χ4v) is 3.91. The third kappa shape index (κ3) is 3.38. The molecule has 24 heavy (non-hydrogen) atoms. The molecule has 2 N–H and O–H groups in total. The van der Waals surface area contributed by atoms with E-state index in [2.05, 4.69) is 10.6 Å². The van der Waals surface area contributed by atoms with E-state index in [0.717, 1.165) is 44.5 Å². The van der Waals surface area contributed by atoms with Crippen LogP contribution in [-0.4, -0.2) is 31.6 Å². The third-order valence-corrected chi connectivity index (χ3v) is 5.25. The fraction of sp³-hybridized carbons (Fsp3) is 0.611. The molecule has 1 unspecified atom stereocenters. The summed E-state index contributed by atoms with van der Waals surface area (Å²) < 4.78 is 31.8. The zero-order valence-corrected chi connectivity index (χ0v) is 13.9. The van der Waals surface area contributed by atoms with Crippen LogP contribution >= 0.6 is 0 Å². The molecule has 2 fully saturated rings. The van der Waals surface area contributed by atoms with Crippen molar-refractivity contribution in [1.82, 2.24) is 10.6 Å². The van der Waals surface area contributed by atoms with Crippen LogP contribution in [0, 0.1) is 23.0 Å². The first-order valence-electron chi connectivity index (χ1n) is 8.61. The highest BCUT2D eigenvalue weighted by Crippen LogP contribution is 2.43. The molecule has 4 nitrogen and oxygen atoms in total. The van der Waals surface area contributed by atoms with E-state index in [1.54, 1.807) is 0 Å². The van der Waals surface area contributed by atoms with Crippen LogP contribution in [-0.2, 0) is 4.79 Å². The number of nitrogens with one attached hydrogen (secondary N) is 2. The highest BCUT2D eigenvalue weighted by Gasteiger charge is 2.49. The first-order chi connectivity index (χ1) is 11.5. The first-order valence-corrected chi connectivity index (χ1v) is 8.61. The Labute approximate surface area is 141 Å². The standard InChI is InChI=1S/C18H24F2N2O2/c1-12(10-24-16-6-5-14(19)8-15(16)20)22-17(23)18-7-3-2-4-13(18)9-21-11-18/h5-6,8,12-13,21H,2-4,7,9-11H2,1H3,(H,22,23)/t12?,13-,18+/m0/s1. The lowest BCUT2D eigenvalue weighted by Gasteiger charge is -2.37. The van der Waals surface area contributed by atoms with Gasteiger partial charge < -0.3 is 15.4 Å². The molecule has 1 aliphatic heterocycles. The van der Waals surface area contributed by atoms with Crippen LogP contribution in [0.4, 0.5) is 8.78 Å². The van der Waals surface area contributed by atoms with Crippen molar-refractivity contribution in [3.63, 3.8) is 0 Å². The van der Waals surface area contributed by atoms with Gasteiger partial charge >= 0.3 is 0 Å². The Bertz CT molecular complexity index is 611. The molecule has 1 amide bonds. The molecule has 2 aliphatic rings. The summed E-state index contributed by atoms with van der Waals surface area (Å²) in [6.07, 6.45) is 4.27. The number of hydrogen-bond donors (Lipinski definition) is 2. The Kier molecular flexibility index (Phi) is 5.04. The van der Waals surface area contributed by atoms with Crippen molar-refractivity contribution < 1.29 is 18.3 Å². The molecule has 3 atom stereocenters. The van der Waals surface area contributed by atoms with Gasteiger partial charge in [-0.1, -0.05) is 12.8 Å². The van der Waals surface area contributed by atoms with E-state index < -0.39 is 11.6 Å². The Morgan fingerprint density at radius 1 is 1.46 bits per heavy atom. The summed E-state index contributed by atoms with van der Waals surface area (Å²) in [5.41, 5.74) is -0.312. The summed E-state index contributed by atoms with van der Waals surface area (Å²) in [6, 6.07) is 2.95. The molecule has 0 aromatic heterocycles. The van der Waals surface area contributed by atoms with Crippen molar-refractivity contribution in [2.75, 3.05) is 19.7 Å². The Hall–Kier alpha value is -1.69. The van der Waals surface area contributed by atoms with Gasteiger partial charge in [0, 0.05) is 12.6 Å². The van der Waals surface area contributed by atoms with Crippen LogP contribution in [0.3, 0.4) is 0 Å². The van der Waals surface area contributed by atoms with E-state index in [1.165, 1.54) is 12.5 Å². The van der Waals surface area contributed by atoms with Gasteiger partial charge in [0.25, 0.3) is 0 Å². The average Bonchev–Trinajstić information content (AvgIpc) is 2.99.